The second kappa shape index (κ2) is 10.6. The highest BCUT2D eigenvalue weighted by molar-refractivity contribution is 7.89. The Labute approximate surface area is 190 Å². The van der Waals surface area contributed by atoms with Crippen LogP contribution >= 0.6 is 0 Å². The summed E-state index contributed by atoms with van der Waals surface area (Å²) in [5.41, 5.74) is 1.29. The van der Waals surface area contributed by atoms with Crippen molar-refractivity contribution in [1.29, 1.82) is 0 Å². The summed E-state index contributed by atoms with van der Waals surface area (Å²) in [5.74, 6) is -0.428. The molecule has 2 heterocycles. The van der Waals surface area contributed by atoms with Gasteiger partial charge in [0.05, 0.1) is 16.3 Å². The van der Waals surface area contributed by atoms with E-state index in [-0.39, 0.29) is 29.3 Å². The van der Waals surface area contributed by atoms with E-state index in [0.717, 1.165) is 31.5 Å². The fourth-order valence-electron chi connectivity index (χ4n) is 4.42. The summed E-state index contributed by atoms with van der Waals surface area (Å²) in [6.45, 7) is 5.89. The molecule has 1 atom stereocenters. The first-order valence-corrected chi connectivity index (χ1v) is 12.8. The van der Waals surface area contributed by atoms with E-state index in [0.29, 0.717) is 38.3 Å². The topological polar surface area (TPSA) is 99.3 Å². The number of fused-ring (bicyclic) bond motifs is 3. The molecule has 0 radical (unpaired) electrons. The van der Waals surface area contributed by atoms with Crippen LogP contribution in [0.3, 0.4) is 0 Å². The van der Waals surface area contributed by atoms with Crippen LogP contribution < -0.4 is 15.1 Å². The van der Waals surface area contributed by atoms with Crippen LogP contribution in [-0.2, 0) is 24.3 Å². The number of amides is 2. The van der Waals surface area contributed by atoms with Crippen LogP contribution in [0, 0.1) is 0 Å². The SMILES string of the molecule is CCN(CC)S(=O)(=O)c1ccc2c(c1)N(CC(=O)NCCCOC)C(=O)[C@H]1CCCCN21. The molecule has 10 heteroatoms. The molecule has 1 N–H and O–H groups in total. The van der Waals surface area contributed by atoms with Crippen molar-refractivity contribution in [2.24, 2.45) is 0 Å². The maximum absolute atomic E-state index is 13.4. The molecule has 0 bridgehead atoms. The molecule has 2 aliphatic heterocycles. The van der Waals surface area contributed by atoms with Gasteiger partial charge in [-0.15, -0.1) is 0 Å². The minimum atomic E-state index is -3.69. The number of anilines is 2. The van der Waals surface area contributed by atoms with E-state index in [2.05, 4.69) is 10.2 Å². The van der Waals surface area contributed by atoms with Gasteiger partial charge in [-0.05, 0) is 43.9 Å². The molecule has 32 heavy (non-hydrogen) atoms. The maximum atomic E-state index is 13.4. The number of nitrogens with one attached hydrogen (secondary N) is 1. The van der Waals surface area contributed by atoms with Gasteiger partial charge in [0, 0.05) is 39.9 Å². The Morgan fingerprint density at radius 2 is 1.97 bits per heavy atom. The number of hydrogen-bond donors (Lipinski definition) is 1. The summed E-state index contributed by atoms with van der Waals surface area (Å²) in [7, 11) is -2.09. The van der Waals surface area contributed by atoms with Gasteiger partial charge in [-0.25, -0.2) is 8.42 Å². The Balaban J connectivity index is 1.95. The molecule has 0 saturated carbocycles. The highest BCUT2D eigenvalue weighted by Gasteiger charge is 2.40. The van der Waals surface area contributed by atoms with Crippen LogP contribution in [-0.4, -0.2) is 77.0 Å². The van der Waals surface area contributed by atoms with E-state index in [4.69, 9.17) is 4.74 Å². The molecule has 0 aromatic heterocycles. The molecule has 9 nitrogen and oxygen atoms in total. The second-order valence-electron chi connectivity index (χ2n) is 8.07. The van der Waals surface area contributed by atoms with Crippen molar-refractivity contribution >= 4 is 33.2 Å². The monoisotopic (exact) mass is 466 g/mol. The first kappa shape index (κ1) is 24.5. The summed E-state index contributed by atoms with van der Waals surface area (Å²) < 4.78 is 32.6. The fraction of sp³-hybridized carbons (Fsp3) is 0.636. The van der Waals surface area contributed by atoms with Crippen molar-refractivity contribution in [3.05, 3.63) is 18.2 Å². The zero-order valence-electron chi connectivity index (χ0n) is 19.2. The van der Waals surface area contributed by atoms with E-state index < -0.39 is 10.0 Å². The number of hydrogen-bond acceptors (Lipinski definition) is 6. The van der Waals surface area contributed by atoms with Gasteiger partial charge >= 0.3 is 0 Å². The third-order valence-electron chi connectivity index (χ3n) is 6.09. The molecule has 0 aliphatic carbocycles. The number of nitrogens with zero attached hydrogens (tertiary/aromatic N) is 3. The van der Waals surface area contributed by atoms with Crippen LogP contribution in [0.25, 0.3) is 0 Å². The summed E-state index contributed by atoms with van der Waals surface area (Å²) in [4.78, 5) is 29.6. The van der Waals surface area contributed by atoms with Crippen molar-refractivity contribution in [3.8, 4) is 0 Å². The largest absolute Gasteiger partial charge is 0.385 e. The first-order valence-electron chi connectivity index (χ1n) is 11.3. The van der Waals surface area contributed by atoms with E-state index in [1.165, 1.54) is 9.21 Å². The number of carbonyl (C=O) groups excluding carboxylic acids is 2. The number of piperidine rings is 1. The lowest BCUT2D eigenvalue weighted by Crippen LogP contribution is -2.57. The molecule has 1 fully saturated rings. The fourth-order valence-corrected chi connectivity index (χ4v) is 5.90. The third kappa shape index (κ3) is 4.92. The molecule has 0 unspecified atom stereocenters. The van der Waals surface area contributed by atoms with Gasteiger partial charge in [0.25, 0.3) is 0 Å². The molecule has 2 amide bonds. The van der Waals surface area contributed by atoms with Gasteiger partial charge in [-0.3, -0.25) is 14.5 Å². The number of carbonyl (C=O) groups is 2. The first-order chi connectivity index (χ1) is 15.3. The van der Waals surface area contributed by atoms with E-state index in [1.807, 2.05) is 0 Å². The minimum Gasteiger partial charge on any atom is -0.385 e. The van der Waals surface area contributed by atoms with Gasteiger partial charge in [0.15, 0.2) is 0 Å². The zero-order valence-corrected chi connectivity index (χ0v) is 20.0. The summed E-state index contributed by atoms with van der Waals surface area (Å²) in [6, 6.07) is 4.61. The average Bonchev–Trinajstić information content (AvgIpc) is 2.79. The van der Waals surface area contributed by atoms with Gasteiger partial charge in [0.2, 0.25) is 21.8 Å². The lowest BCUT2D eigenvalue weighted by molar-refractivity contribution is -0.125. The molecular formula is C22H34N4O5S. The van der Waals surface area contributed by atoms with E-state index in [1.54, 1.807) is 39.2 Å². The molecule has 2 aliphatic rings. The predicted molar refractivity (Wildman–Crippen MR) is 123 cm³/mol. The number of sulfonamides is 1. The average molecular weight is 467 g/mol. The van der Waals surface area contributed by atoms with Crippen molar-refractivity contribution in [1.82, 2.24) is 9.62 Å². The lowest BCUT2D eigenvalue weighted by Gasteiger charge is -2.45. The number of methoxy groups -OCH3 is 1. The van der Waals surface area contributed by atoms with Crippen molar-refractivity contribution in [2.75, 3.05) is 56.2 Å². The Morgan fingerprint density at radius 3 is 2.66 bits per heavy atom. The summed E-state index contributed by atoms with van der Waals surface area (Å²) in [6.07, 6.45) is 3.33. The molecule has 1 aromatic carbocycles. The number of ether oxygens (including phenoxy) is 1. The van der Waals surface area contributed by atoms with Gasteiger partial charge in [-0.2, -0.15) is 4.31 Å². The molecule has 3 rings (SSSR count). The third-order valence-corrected chi connectivity index (χ3v) is 8.14. The van der Waals surface area contributed by atoms with Crippen molar-refractivity contribution < 1.29 is 22.7 Å². The highest BCUT2D eigenvalue weighted by atomic mass is 32.2. The van der Waals surface area contributed by atoms with Crippen LogP contribution in [0.1, 0.15) is 39.5 Å². The Morgan fingerprint density at radius 1 is 1.22 bits per heavy atom. The van der Waals surface area contributed by atoms with Gasteiger partial charge < -0.3 is 15.0 Å². The smallest absolute Gasteiger partial charge is 0.250 e. The molecule has 1 saturated heterocycles. The summed E-state index contributed by atoms with van der Waals surface area (Å²) in [5, 5.41) is 2.82. The van der Waals surface area contributed by atoms with Crippen molar-refractivity contribution in [2.45, 2.75) is 50.5 Å². The predicted octanol–water partition coefficient (Wildman–Crippen LogP) is 1.58. The van der Waals surface area contributed by atoms with Crippen LogP contribution in [0.4, 0.5) is 11.4 Å². The van der Waals surface area contributed by atoms with Gasteiger partial charge in [0.1, 0.15) is 12.6 Å². The normalized spacial score (nSPS) is 18.5. The standard InChI is InChI=1S/C22H34N4O5S/c1-4-24(5-2)32(29,30)17-10-11-18-20(15-17)26(16-21(27)23-12-8-14-31-3)22(28)19-9-6-7-13-25(18)19/h10-11,15,19H,4-9,12-14,16H2,1-3H3,(H,23,27)/t19-/m1/s1. The van der Waals surface area contributed by atoms with Gasteiger partial charge in [-0.1, -0.05) is 13.8 Å². The van der Waals surface area contributed by atoms with Crippen LogP contribution in [0.5, 0.6) is 0 Å². The quantitative estimate of drug-likeness (QED) is 0.526. The highest BCUT2D eigenvalue weighted by Crippen LogP contribution is 2.40. The zero-order chi connectivity index (χ0) is 23.3. The lowest BCUT2D eigenvalue weighted by atomic mass is 9.96. The Kier molecular flexibility index (Phi) is 8.13. The Hall–Kier alpha value is -2.17. The minimum absolute atomic E-state index is 0.133. The van der Waals surface area contributed by atoms with E-state index >= 15 is 0 Å². The molecule has 0 spiro atoms. The second-order valence-corrected chi connectivity index (χ2v) is 10.0. The molecular weight excluding hydrogens is 432 g/mol. The number of rotatable bonds is 10. The Bertz CT molecular complexity index is 932. The van der Waals surface area contributed by atoms with Crippen LogP contribution in [0.15, 0.2) is 23.1 Å². The van der Waals surface area contributed by atoms with E-state index in [9.17, 15) is 18.0 Å². The molecule has 178 valence electrons. The number of benzene rings is 1. The summed E-state index contributed by atoms with van der Waals surface area (Å²) >= 11 is 0. The molecule has 1 aromatic rings. The van der Waals surface area contributed by atoms with Crippen LogP contribution in [0.2, 0.25) is 0 Å². The van der Waals surface area contributed by atoms with Crippen molar-refractivity contribution in [3.63, 3.8) is 0 Å². The maximum Gasteiger partial charge on any atom is 0.250 e.